The van der Waals surface area contributed by atoms with Crippen LogP contribution in [0.3, 0.4) is 0 Å². The van der Waals surface area contributed by atoms with Gasteiger partial charge in [-0.15, -0.1) is 0 Å². The van der Waals surface area contributed by atoms with Gasteiger partial charge < -0.3 is 4.74 Å². The second-order valence-electron chi connectivity index (χ2n) is 3.74. The lowest BCUT2D eigenvalue weighted by atomic mass is 10.2. The van der Waals surface area contributed by atoms with E-state index in [0.717, 1.165) is 5.56 Å². The standard InChI is InChI=1S/C14H13FNO2/c15-11-18-14(17)13-8-4-5-9-16(13)10-12-6-2-1-3-7-12/h1-9H,10-11H2/q+1. The maximum atomic E-state index is 12.0. The average molecular weight is 246 g/mol. The predicted molar refractivity (Wildman–Crippen MR) is 63.6 cm³/mol. The van der Waals surface area contributed by atoms with Crippen LogP contribution in [0, 0.1) is 0 Å². The van der Waals surface area contributed by atoms with Crippen molar-refractivity contribution in [1.82, 2.24) is 0 Å². The molecule has 0 N–H and O–H groups in total. The average Bonchev–Trinajstić information content (AvgIpc) is 2.41. The molecule has 3 nitrogen and oxygen atoms in total. The third-order valence-corrected chi connectivity index (χ3v) is 2.53. The van der Waals surface area contributed by atoms with Gasteiger partial charge >= 0.3 is 5.97 Å². The van der Waals surface area contributed by atoms with E-state index in [0.29, 0.717) is 12.2 Å². The molecule has 0 aliphatic rings. The summed E-state index contributed by atoms with van der Waals surface area (Å²) in [4.78, 5) is 11.6. The van der Waals surface area contributed by atoms with E-state index in [-0.39, 0.29) is 0 Å². The highest BCUT2D eigenvalue weighted by atomic mass is 19.1. The molecule has 0 fully saturated rings. The molecule has 4 heteroatoms. The Kier molecular flexibility index (Phi) is 4.02. The number of carbonyl (C=O) groups excluding carboxylic acids is 1. The van der Waals surface area contributed by atoms with Crippen molar-refractivity contribution in [3.8, 4) is 0 Å². The van der Waals surface area contributed by atoms with Crippen LogP contribution in [-0.2, 0) is 11.3 Å². The largest absolute Gasteiger partial charge is 0.426 e. The molecule has 18 heavy (non-hydrogen) atoms. The Morgan fingerprint density at radius 3 is 2.56 bits per heavy atom. The summed E-state index contributed by atoms with van der Waals surface area (Å²) >= 11 is 0. The molecule has 0 saturated carbocycles. The maximum absolute atomic E-state index is 12.0. The Hall–Kier alpha value is -2.23. The second-order valence-corrected chi connectivity index (χ2v) is 3.74. The van der Waals surface area contributed by atoms with Crippen LogP contribution in [0.1, 0.15) is 16.1 Å². The Morgan fingerprint density at radius 2 is 1.83 bits per heavy atom. The lowest BCUT2D eigenvalue weighted by Crippen LogP contribution is -2.41. The van der Waals surface area contributed by atoms with Gasteiger partial charge in [0.1, 0.15) is 0 Å². The molecule has 0 unspecified atom stereocenters. The maximum Gasteiger partial charge on any atom is 0.406 e. The van der Waals surface area contributed by atoms with Crippen LogP contribution in [-0.4, -0.2) is 12.8 Å². The van der Waals surface area contributed by atoms with E-state index < -0.39 is 12.8 Å². The van der Waals surface area contributed by atoms with Crippen LogP contribution >= 0.6 is 0 Å². The number of benzene rings is 1. The molecule has 1 aromatic carbocycles. The van der Waals surface area contributed by atoms with Crippen molar-refractivity contribution in [3.63, 3.8) is 0 Å². The van der Waals surface area contributed by atoms with Crippen LogP contribution in [0.15, 0.2) is 54.7 Å². The summed E-state index contributed by atoms with van der Waals surface area (Å²) in [5.41, 5.74) is 1.39. The monoisotopic (exact) mass is 246 g/mol. The quantitative estimate of drug-likeness (QED) is 0.611. The smallest absolute Gasteiger partial charge is 0.406 e. The van der Waals surface area contributed by atoms with E-state index >= 15 is 0 Å². The van der Waals surface area contributed by atoms with Crippen LogP contribution < -0.4 is 4.57 Å². The van der Waals surface area contributed by atoms with Crippen molar-refractivity contribution >= 4 is 5.97 Å². The zero-order chi connectivity index (χ0) is 12.8. The molecule has 0 saturated heterocycles. The van der Waals surface area contributed by atoms with Crippen molar-refractivity contribution in [2.24, 2.45) is 0 Å². The van der Waals surface area contributed by atoms with Gasteiger partial charge in [0.05, 0.1) is 0 Å². The van der Waals surface area contributed by atoms with Gasteiger partial charge in [-0.3, -0.25) is 0 Å². The summed E-state index contributed by atoms with van der Waals surface area (Å²) in [6.45, 7) is -0.572. The first-order chi connectivity index (χ1) is 8.81. The summed E-state index contributed by atoms with van der Waals surface area (Å²) in [6, 6.07) is 14.9. The van der Waals surface area contributed by atoms with Gasteiger partial charge in [0.15, 0.2) is 12.7 Å². The molecule has 2 aromatic rings. The van der Waals surface area contributed by atoms with Gasteiger partial charge in [0, 0.05) is 17.7 Å². The molecule has 2 rings (SSSR count). The lowest BCUT2D eigenvalue weighted by molar-refractivity contribution is -0.690. The lowest BCUT2D eigenvalue weighted by Gasteiger charge is -2.02. The molecule has 0 aliphatic heterocycles. The number of pyridine rings is 1. The van der Waals surface area contributed by atoms with E-state index in [9.17, 15) is 9.18 Å². The third-order valence-electron chi connectivity index (χ3n) is 2.53. The minimum absolute atomic E-state index is 0.332. The number of esters is 1. The van der Waals surface area contributed by atoms with Gasteiger partial charge in [-0.05, 0) is 6.07 Å². The summed E-state index contributed by atoms with van der Waals surface area (Å²) in [5, 5.41) is 0. The van der Waals surface area contributed by atoms with Crippen LogP contribution in [0.2, 0.25) is 0 Å². The van der Waals surface area contributed by atoms with Crippen molar-refractivity contribution in [2.45, 2.75) is 6.54 Å². The number of ether oxygens (including phenoxy) is 1. The first-order valence-electron chi connectivity index (χ1n) is 5.57. The molecule has 92 valence electrons. The fraction of sp³-hybridized carbons (Fsp3) is 0.143. The van der Waals surface area contributed by atoms with E-state index in [4.69, 9.17) is 0 Å². The van der Waals surface area contributed by atoms with E-state index in [2.05, 4.69) is 4.74 Å². The van der Waals surface area contributed by atoms with Gasteiger partial charge in [0.2, 0.25) is 6.86 Å². The predicted octanol–water partition coefficient (Wildman–Crippen LogP) is 2.11. The molecule has 0 spiro atoms. The number of nitrogens with zero attached hydrogens (tertiary/aromatic N) is 1. The highest BCUT2D eigenvalue weighted by molar-refractivity contribution is 5.85. The van der Waals surface area contributed by atoms with Crippen molar-refractivity contribution in [1.29, 1.82) is 0 Å². The van der Waals surface area contributed by atoms with Gasteiger partial charge in [-0.1, -0.05) is 30.3 Å². The molecule has 0 aliphatic carbocycles. The summed E-state index contributed by atoms with van der Waals surface area (Å²) < 4.78 is 18.1. The number of hydrogen-bond donors (Lipinski definition) is 0. The first-order valence-corrected chi connectivity index (χ1v) is 5.57. The zero-order valence-electron chi connectivity index (χ0n) is 9.75. The molecule has 1 aromatic heterocycles. The van der Waals surface area contributed by atoms with Crippen molar-refractivity contribution < 1.29 is 18.5 Å². The minimum atomic E-state index is -1.11. The topological polar surface area (TPSA) is 30.2 Å². The molecule has 1 heterocycles. The Balaban J connectivity index is 2.25. The number of hydrogen-bond acceptors (Lipinski definition) is 2. The Bertz CT molecular complexity index is 528. The van der Waals surface area contributed by atoms with Gasteiger partial charge in [0.25, 0.3) is 5.69 Å². The fourth-order valence-electron chi connectivity index (χ4n) is 1.70. The number of rotatable bonds is 4. The Labute approximate surface area is 104 Å². The highest BCUT2D eigenvalue weighted by Crippen LogP contribution is 2.01. The number of carbonyl (C=O) groups is 1. The minimum Gasteiger partial charge on any atom is -0.426 e. The molecule has 0 atom stereocenters. The molecular weight excluding hydrogens is 233 g/mol. The zero-order valence-corrected chi connectivity index (χ0v) is 9.75. The number of alkyl halides is 1. The highest BCUT2D eigenvalue weighted by Gasteiger charge is 2.19. The van der Waals surface area contributed by atoms with E-state index in [1.165, 1.54) is 0 Å². The second kappa shape index (κ2) is 5.91. The van der Waals surface area contributed by atoms with Gasteiger partial charge in [-0.2, -0.15) is 4.57 Å². The van der Waals surface area contributed by atoms with Gasteiger partial charge in [-0.25, -0.2) is 9.18 Å². The number of halogens is 1. The molecule has 0 bridgehead atoms. The normalized spacial score (nSPS) is 10.1. The van der Waals surface area contributed by atoms with Crippen molar-refractivity contribution in [3.05, 3.63) is 66.0 Å². The van der Waals surface area contributed by atoms with E-state index in [1.54, 1.807) is 22.9 Å². The molecular formula is C14H13FNO2+. The molecule has 0 radical (unpaired) electrons. The SMILES string of the molecule is O=C(OCF)c1cccc[n+]1Cc1ccccc1. The molecule has 0 amide bonds. The van der Waals surface area contributed by atoms with Crippen LogP contribution in [0.25, 0.3) is 0 Å². The summed E-state index contributed by atoms with van der Waals surface area (Å²) in [6.07, 6.45) is 1.77. The Morgan fingerprint density at radius 1 is 1.11 bits per heavy atom. The summed E-state index contributed by atoms with van der Waals surface area (Å²) in [5.74, 6) is -0.658. The van der Waals surface area contributed by atoms with E-state index in [1.807, 2.05) is 36.4 Å². The summed E-state index contributed by atoms with van der Waals surface area (Å²) in [7, 11) is 0. The first kappa shape index (κ1) is 12.2. The van der Waals surface area contributed by atoms with Crippen molar-refractivity contribution in [2.75, 3.05) is 6.86 Å². The van der Waals surface area contributed by atoms with Crippen LogP contribution in [0.4, 0.5) is 4.39 Å². The van der Waals surface area contributed by atoms with Crippen LogP contribution in [0.5, 0.6) is 0 Å². The fourth-order valence-corrected chi connectivity index (χ4v) is 1.70. The third kappa shape index (κ3) is 2.91. The number of aromatic nitrogens is 1.